The monoisotopic (exact) mass is 429 g/mol. The fourth-order valence-electron chi connectivity index (χ4n) is 3.30. The summed E-state index contributed by atoms with van der Waals surface area (Å²) in [6.07, 6.45) is 3.62. The molecule has 0 radical (unpaired) electrons. The zero-order valence-corrected chi connectivity index (χ0v) is 17.8. The third-order valence-corrected chi connectivity index (χ3v) is 6.11. The van der Waals surface area contributed by atoms with Crippen LogP contribution in [0, 0.1) is 10.1 Å². The number of non-ortho nitro benzene ring substituents is 1. The summed E-state index contributed by atoms with van der Waals surface area (Å²) in [7, 11) is 1.33. The van der Waals surface area contributed by atoms with Crippen molar-refractivity contribution in [3.63, 3.8) is 0 Å². The van der Waals surface area contributed by atoms with Gasteiger partial charge in [-0.3, -0.25) is 19.8 Å². The van der Waals surface area contributed by atoms with Crippen molar-refractivity contribution in [2.24, 2.45) is 0 Å². The van der Waals surface area contributed by atoms with Crippen molar-refractivity contribution in [3.8, 4) is 0 Å². The fraction of sp³-hybridized carbons (Fsp3) is 0.333. The second-order valence-corrected chi connectivity index (χ2v) is 8.29. The summed E-state index contributed by atoms with van der Waals surface area (Å²) in [5.74, 6) is -0.849. The van der Waals surface area contributed by atoms with Crippen LogP contribution >= 0.6 is 11.3 Å². The number of nitrogens with zero attached hydrogens (tertiary/aromatic N) is 2. The maximum atomic E-state index is 12.4. The average Bonchev–Trinajstić information content (AvgIpc) is 3.08. The van der Waals surface area contributed by atoms with E-state index in [4.69, 9.17) is 4.74 Å². The van der Waals surface area contributed by atoms with Crippen LogP contribution < -0.4 is 5.32 Å². The Hall–Kier alpha value is -3.04. The number of hydrogen-bond acceptors (Lipinski definition) is 7. The number of benzene rings is 1. The lowest BCUT2D eigenvalue weighted by Crippen LogP contribution is -2.35. The highest BCUT2D eigenvalue weighted by atomic mass is 32.1. The van der Waals surface area contributed by atoms with Gasteiger partial charge in [-0.25, -0.2) is 4.79 Å². The summed E-state index contributed by atoms with van der Waals surface area (Å²) in [6.45, 7) is 5.84. The van der Waals surface area contributed by atoms with Gasteiger partial charge in [-0.15, -0.1) is 11.3 Å². The van der Waals surface area contributed by atoms with Crippen LogP contribution in [0.2, 0.25) is 0 Å². The number of carbonyl (C=O) groups is 2. The molecule has 2 aromatic rings. The second kappa shape index (κ2) is 9.19. The van der Waals surface area contributed by atoms with Gasteiger partial charge in [-0.05, 0) is 49.6 Å². The van der Waals surface area contributed by atoms with Crippen molar-refractivity contribution < 1.29 is 19.2 Å². The summed E-state index contributed by atoms with van der Waals surface area (Å²) in [5.41, 5.74) is 2.01. The molecule has 1 N–H and O–H groups in total. The van der Waals surface area contributed by atoms with E-state index in [0.717, 1.165) is 30.0 Å². The number of rotatable bonds is 6. The molecular formula is C21H23N3O5S. The zero-order valence-electron chi connectivity index (χ0n) is 17.0. The number of nitro groups is 1. The molecule has 1 aromatic heterocycles. The van der Waals surface area contributed by atoms with E-state index in [1.807, 2.05) is 0 Å². The largest absolute Gasteiger partial charge is 0.465 e. The number of nitrogens with one attached hydrogen (secondary N) is 1. The zero-order chi connectivity index (χ0) is 21.8. The van der Waals surface area contributed by atoms with Gasteiger partial charge in [0.05, 0.1) is 17.6 Å². The number of amides is 1. The summed E-state index contributed by atoms with van der Waals surface area (Å²) in [4.78, 5) is 38.4. The van der Waals surface area contributed by atoms with Crippen LogP contribution in [0.5, 0.6) is 0 Å². The standard InChI is InChI=1S/C21H23N3O5S/c1-13(2)23-11-10-16-17(12-23)30-20(19(16)21(26)29-3)22-18(25)9-6-14-4-7-15(8-5-14)24(27)28/h4-9,13H,10-12H2,1-3H3,(H,22,25)/b9-6-. The smallest absolute Gasteiger partial charge is 0.341 e. The van der Waals surface area contributed by atoms with Crippen molar-refractivity contribution >= 4 is 40.0 Å². The molecule has 1 aliphatic rings. The van der Waals surface area contributed by atoms with Crippen LogP contribution in [0.25, 0.3) is 6.08 Å². The second-order valence-electron chi connectivity index (χ2n) is 7.18. The van der Waals surface area contributed by atoms with Gasteiger partial charge in [0, 0.05) is 42.2 Å². The Balaban J connectivity index is 1.79. The van der Waals surface area contributed by atoms with E-state index in [1.165, 1.54) is 36.7 Å². The first-order valence-electron chi connectivity index (χ1n) is 9.50. The van der Waals surface area contributed by atoms with Gasteiger partial charge in [0.15, 0.2) is 0 Å². The van der Waals surface area contributed by atoms with E-state index in [-0.39, 0.29) is 5.69 Å². The predicted molar refractivity (Wildman–Crippen MR) is 116 cm³/mol. The number of thiophene rings is 1. The first kappa shape index (κ1) is 21.7. The Morgan fingerprint density at radius 2 is 2.00 bits per heavy atom. The molecule has 9 heteroatoms. The lowest BCUT2D eigenvalue weighted by atomic mass is 10.0. The molecule has 1 aliphatic heterocycles. The highest BCUT2D eigenvalue weighted by molar-refractivity contribution is 7.17. The van der Waals surface area contributed by atoms with Crippen LogP contribution in [0.4, 0.5) is 10.7 Å². The van der Waals surface area contributed by atoms with E-state index in [2.05, 4.69) is 24.1 Å². The predicted octanol–water partition coefficient (Wildman–Crippen LogP) is 3.86. The molecule has 0 saturated heterocycles. The molecule has 1 amide bonds. The first-order chi connectivity index (χ1) is 14.3. The molecule has 0 spiro atoms. The minimum absolute atomic E-state index is 0.0149. The lowest BCUT2D eigenvalue weighted by Gasteiger charge is -2.30. The minimum Gasteiger partial charge on any atom is -0.465 e. The Kier molecular flexibility index (Phi) is 6.63. The summed E-state index contributed by atoms with van der Waals surface area (Å²) in [6, 6.07) is 6.27. The molecule has 30 heavy (non-hydrogen) atoms. The highest BCUT2D eigenvalue weighted by Gasteiger charge is 2.29. The number of anilines is 1. The van der Waals surface area contributed by atoms with Crippen LogP contribution in [0.1, 0.15) is 40.2 Å². The summed E-state index contributed by atoms with van der Waals surface area (Å²) >= 11 is 1.40. The van der Waals surface area contributed by atoms with E-state index in [9.17, 15) is 19.7 Å². The van der Waals surface area contributed by atoms with Crippen LogP contribution in [-0.4, -0.2) is 41.4 Å². The van der Waals surface area contributed by atoms with E-state index < -0.39 is 16.8 Å². The van der Waals surface area contributed by atoms with Crippen molar-refractivity contribution in [1.82, 2.24) is 4.90 Å². The van der Waals surface area contributed by atoms with Crippen molar-refractivity contribution in [2.75, 3.05) is 19.0 Å². The maximum absolute atomic E-state index is 12.4. The Morgan fingerprint density at radius 1 is 1.30 bits per heavy atom. The molecule has 1 aromatic carbocycles. The molecule has 3 rings (SSSR count). The molecule has 8 nitrogen and oxygen atoms in total. The number of esters is 1. The van der Waals surface area contributed by atoms with Crippen LogP contribution in [-0.2, 0) is 22.5 Å². The third-order valence-electron chi connectivity index (χ3n) is 4.97. The van der Waals surface area contributed by atoms with Crippen LogP contribution in [0.3, 0.4) is 0 Å². The molecule has 0 atom stereocenters. The molecule has 0 aliphatic carbocycles. The van der Waals surface area contributed by atoms with Gasteiger partial charge >= 0.3 is 5.97 Å². The fourth-order valence-corrected chi connectivity index (χ4v) is 4.57. The molecule has 2 heterocycles. The number of ether oxygens (including phenoxy) is 1. The lowest BCUT2D eigenvalue weighted by molar-refractivity contribution is -0.384. The topological polar surface area (TPSA) is 102 Å². The SMILES string of the molecule is COC(=O)c1c(NC(=O)/C=C\c2ccc([N+](=O)[O-])cc2)sc2c1CCN(C(C)C)C2. The van der Waals surface area contributed by atoms with E-state index in [1.54, 1.807) is 18.2 Å². The number of carbonyl (C=O) groups excluding carboxylic acids is 2. The van der Waals surface area contributed by atoms with Crippen molar-refractivity contribution in [3.05, 3.63) is 62.0 Å². The van der Waals surface area contributed by atoms with Crippen molar-refractivity contribution in [1.29, 1.82) is 0 Å². The molecular weight excluding hydrogens is 406 g/mol. The summed E-state index contributed by atoms with van der Waals surface area (Å²) in [5, 5.41) is 14.0. The average molecular weight is 429 g/mol. The minimum atomic E-state index is -0.479. The van der Waals surface area contributed by atoms with Crippen LogP contribution in [0.15, 0.2) is 30.3 Å². The Morgan fingerprint density at radius 3 is 2.60 bits per heavy atom. The molecule has 158 valence electrons. The van der Waals surface area contributed by atoms with Gasteiger partial charge in [0.2, 0.25) is 5.91 Å². The van der Waals surface area contributed by atoms with Gasteiger partial charge in [-0.1, -0.05) is 0 Å². The van der Waals surface area contributed by atoms with Gasteiger partial charge < -0.3 is 10.1 Å². The normalized spacial score (nSPS) is 14.0. The Bertz CT molecular complexity index is 995. The van der Waals surface area contributed by atoms with Gasteiger partial charge in [0.25, 0.3) is 5.69 Å². The summed E-state index contributed by atoms with van der Waals surface area (Å²) < 4.78 is 4.95. The third kappa shape index (κ3) is 4.74. The Labute approximate surface area is 178 Å². The highest BCUT2D eigenvalue weighted by Crippen LogP contribution is 2.38. The molecule has 0 bridgehead atoms. The number of hydrogen-bond donors (Lipinski definition) is 1. The van der Waals surface area contributed by atoms with E-state index >= 15 is 0 Å². The van der Waals surface area contributed by atoms with Gasteiger partial charge in [-0.2, -0.15) is 0 Å². The number of fused-ring (bicyclic) bond motifs is 1. The van der Waals surface area contributed by atoms with Gasteiger partial charge in [0.1, 0.15) is 5.00 Å². The number of methoxy groups -OCH3 is 1. The quantitative estimate of drug-likeness (QED) is 0.324. The van der Waals surface area contributed by atoms with E-state index in [0.29, 0.717) is 22.2 Å². The molecule has 0 fully saturated rings. The molecule has 0 unspecified atom stereocenters. The molecule has 0 saturated carbocycles. The van der Waals surface area contributed by atoms with Crippen molar-refractivity contribution in [2.45, 2.75) is 32.9 Å². The maximum Gasteiger partial charge on any atom is 0.341 e. The first-order valence-corrected chi connectivity index (χ1v) is 10.3. The number of nitro benzene ring substituents is 1.